The number of fused-ring (bicyclic) bond motifs is 1. The first-order valence-electron chi connectivity index (χ1n) is 7.42. The molecule has 2 aromatic heterocycles. The zero-order valence-electron chi connectivity index (χ0n) is 12.4. The number of hydrogen-bond donors (Lipinski definition) is 0. The van der Waals surface area contributed by atoms with Crippen LogP contribution in [0.3, 0.4) is 0 Å². The first-order valence-corrected chi connectivity index (χ1v) is 7.80. The van der Waals surface area contributed by atoms with Crippen LogP contribution in [0.4, 0.5) is 0 Å². The van der Waals surface area contributed by atoms with E-state index in [0.717, 1.165) is 29.1 Å². The van der Waals surface area contributed by atoms with Gasteiger partial charge in [0.15, 0.2) is 5.82 Å². The number of aromatic nitrogens is 3. The summed E-state index contributed by atoms with van der Waals surface area (Å²) < 4.78 is 2.18. The zero-order valence-corrected chi connectivity index (χ0v) is 13.1. The van der Waals surface area contributed by atoms with Crippen molar-refractivity contribution < 1.29 is 0 Å². The molecule has 0 saturated carbocycles. The Morgan fingerprint density at radius 1 is 0.913 bits per heavy atom. The number of halogens is 1. The van der Waals surface area contributed by atoms with Gasteiger partial charge in [0.25, 0.3) is 0 Å². The smallest absolute Gasteiger partial charge is 0.160 e. The van der Waals surface area contributed by atoms with Crippen LogP contribution in [-0.2, 0) is 6.54 Å². The van der Waals surface area contributed by atoms with E-state index in [-0.39, 0.29) is 0 Å². The minimum atomic E-state index is 0.689. The monoisotopic (exact) mass is 319 g/mol. The van der Waals surface area contributed by atoms with Crippen LogP contribution in [0.15, 0.2) is 72.9 Å². The molecular formula is C19H14ClN3. The highest BCUT2D eigenvalue weighted by Crippen LogP contribution is 2.26. The Labute approximate surface area is 139 Å². The normalized spacial score (nSPS) is 11.0. The lowest BCUT2D eigenvalue weighted by Gasteiger charge is -2.09. The van der Waals surface area contributed by atoms with E-state index in [2.05, 4.69) is 21.7 Å². The molecule has 0 aliphatic carbocycles. The van der Waals surface area contributed by atoms with Gasteiger partial charge in [-0.05, 0) is 35.9 Å². The summed E-state index contributed by atoms with van der Waals surface area (Å²) in [6.45, 7) is 0.741. The fourth-order valence-corrected chi connectivity index (χ4v) is 2.89. The van der Waals surface area contributed by atoms with Gasteiger partial charge in [0, 0.05) is 17.8 Å². The van der Waals surface area contributed by atoms with Gasteiger partial charge < -0.3 is 4.57 Å². The maximum atomic E-state index is 6.12. The van der Waals surface area contributed by atoms with E-state index >= 15 is 0 Å². The summed E-state index contributed by atoms with van der Waals surface area (Å²) in [5, 5.41) is 0.689. The van der Waals surface area contributed by atoms with Gasteiger partial charge in [0.05, 0.1) is 11.0 Å². The topological polar surface area (TPSA) is 30.7 Å². The molecule has 4 aromatic rings. The van der Waals surface area contributed by atoms with E-state index in [1.807, 2.05) is 54.6 Å². The number of hydrogen-bond acceptors (Lipinski definition) is 2. The summed E-state index contributed by atoms with van der Waals surface area (Å²) in [4.78, 5) is 9.21. The van der Waals surface area contributed by atoms with Crippen molar-refractivity contribution >= 4 is 22.6 Å². The highest BCUT2D eigenvalue weighted by Gasteiger charge is 2.14. The maximum absolute atomic E-state index is 6.12. The molecule has 2 aromatic carbocycles. The predicted molar refractivity (Wildman–Crippen MR) is 93.5 cm³/mol. The third-order valence-corrected chi connectivity index (χ3v) is 4.02. The van der Waals surface area contributed by atoms with E-state index < -0.39 is 0 Å². The van der Waals surface area contributed by atoms with Gasteiger partial charge in [0.1, 0.15) is 5.69 Å². The summed E-state index contributed by atoms with van der Waals surface area (Å²) in [7, 11) is 0. The molecule has 4 heteroatoms. The van der Waals surface area contributed by atoms with Crippen molar-refractivity contribution in [2.45, 2.75) is 6.54 Å². The lowest BCUT2D eigenvalue weighted by Crippen LogP contribution is -2.02. The molecule has 0 amide bonds. The van der Waals surface area contributed by atoms with Gasteiger partial charge >= 0.3 is 0 Å². The number of rotatable bonds is 3. The van der Waals surface area contributed by atoms with Crippen molar-refractivity contribution in [3.05, 3.63) is 83.5 Å². The van der Waals surface area contributed by atoms with E-state index in [1.165, 1.54) is 5.56 Å². The third kappa shape index (κ3) is 2.71. The van der Waals surface area contributed by atoms with Crippen LogP contribution in [0.25, 0.3) is 22.6 Å². The Bertz CT molecular complexity index is 946. The number of imidazole rings is 1. The lowest BCUT2D eigenvalue weighted by molar-refractivity contribution is 0.830. The second-order valence-corrected chi connectivity index (χ2v) is 5.79. The summed E-state index contributed by atoms with van der Waals surface area (Å²) in [5.41, 5.74) is 4.02. The van der Waals surface area contributed by atoms with Crippen molar-refractivity contribution in [2.24, 2.45) is 0 Å². The van der Waals surface area contributed by atoms with Crippen LogP contribution < -0.4 is 0 Å². The van der Waals surface area contributed by atoms with Crippen molar-refractivity contribution in [1.82, 2.24) is 14.5 Å². The fraction of sp³-hybridized carbons (Fsp3) is 0.0526. The van der Waals surface area contributed by atoms with Gasteiger partial charge in [-0.15, -0.1) is 0 Å². The Morgan fingerprint density at radius 2 is 1.74 bits per heavy atom. The van der Waals surface area contributed by atoms with E-state index in [9.17, 15) is 0 Å². The maximum Gasteiger partial charge on any atom is 0.160 e. The molecule has 0 fully saturated rings. The summed E-state index contributed by atoms with van der Waals surface area (Å²) in [6, 6.07) is 22.0. The predicted octanol–water partition coefficient (Wildman–Crippen LogP) is 4.80. The van der Waals surface area contributed by atoms with Gasteiger partial charge in [-0.3, -0.25) is 4.98 Å². The third-order valence-electron chi connectivity index (χ3n) is 3.79. The lowest BCUT2D eigenvalue weighted by atomic mass is 10.2. The molecule has 0 atom stereocenters. The first kappa shape index (κ1) is 14.0. The summed E-state index contributed by atoms with van der Waals surface area (Å²) >= 11 is 6.12. The van der Waals surface area contributed by atoms with Crippen LogP contribution in [0.2, 0.25) is 5.02 Å². The van der Waals surface area contributed by atoms with Gasteiger partial charge in [-0.1, -0.05) is 48.0 Å². The Hall–Kier alpha value is -2.65. The van der Waals surface area contributed by atoms with Gasteiger partial charge in [0.2, 0.25) is 0 Å². The van der Waals surface area contributed by atoms with Crippen molar-refractivity contribution in [1.29, 1.82) is 0 Å². The highest BCUT2D eigenvalue weighted by molar-refractivity contribution is 6.31. The molecule has 3 nitrogen and oxygen atoms in total. The van der Waals surface area contributed by atoms with Crippen LogP contribution in [-0.4, -0.2) is 14.5 Å². The van der Waals surface area contributed by atoms with E-state index in [1.54, 1.807) is 6.20 Å². The minimum Gasteiger partial charge on any atom is -0.318 e. The molecule has 0 aliphatic heterocycles. The largest absolute Gasteiger partial charge is 0.318 e. The molecule has 0 aliphatic rings. The molecule has 0 unspecified atom stereocenters. The molecule has 0 spiro atoms. The molecule has 0 saturated heterocycles. The van der Waals surface area contributed by atoms with Gasteiger partial charge in [-0.2, -0.15) is 0 Å². The number of nitrogens with zero attached hydrogens (tertiary/aromatic N) is 3. The van der Waals surface area contributed by atoms with Crippen molar-refractivity contribution in [3.63, 3.8) is 0 Å². The van der Waals surface area contributed by atoms with E-state index in [4.69, 9.17) is 16.6 Å². The Balaban J connectivity index is 1.92. The Morgan fingerprint density at radius 3 is 2.52 bits per heavy atom. The van der Waals surface area contributed by atoms with Crippen LogP contribution in [0.1, 0.15) is 5.56 Å². The summed E-state index contributed by atoms with van der Waals surface area (Å²) in [5.74, 6) is 0.853. The molecule has 0 N–H and O–H groups in total. The van der Waals surface area contributed by atoms with Crippen LogP contribution in [0.5, 0.6) is 0 Å². The molecule has 4 rings (SSSR count). The zero-order chi connectivity index (χ0) is 15.6. The average Bonchev–Trinajstić information content (AvgIpc) is 2.94. The SMILES string of the molecule is Clc1ccc2c(c1)nc(-c1ccccn1)n2Cc1ccccc1. The molecule has 2 heterocycles. The fourth-order valence-electron chi connectivity index (χ4n) is 2.72. The Kier molecular flexibility index (Phi) is 3.56. The standard InChI is InChI=1S/C19H14ClN3/c20-15-9-10-18-17(12-15)22-19(16-8-4-5-11-21-16)23(18)13-14-6-2-1-3-7-14/h1-12H,13H2. The minimum absolute atomic E-state index is 0.689. The summed E-state index contributed by atoms with van der Waals surface area (Å²) in [6.07, 6.45) is 1.79. The van der Waals surface area contributed by atoms with Crippen molar-refractivity contribution in [2.75, 3.05) is 0 Å². The van der Waals surface area contributed by atoms with Crippen LogP contribution in [0, 0.1) is 0 Å². The highest BCUT2D eigenvalue weighted by atomic mass is 35.5. The molecule has 0 radical (unpaired) electrons. The first-order chi connectivity index (χ1) is 11.3. The van der Waals surface area contributed by atoms with E-state index in [0.29, 0.717) is 5.02 Å². The van der Waals surface area contributed by atoms with Gasteiger partial charge in [-0.25, -0.2) is 4.98 Å². The number of benzene rings is 2. The number of pyridine rings is 1. The molecule has 0 bridgehead atoms. The van der Waals surface area contributed by atoms with Crippen LogP contribution >= 0.6 is 11.6 Å². The average molecular weight is 320 g/mol. The quantitative estimate of drug-likeness (QED) is 0.543. The molecular weight excluding hydrogens is 306 g/mol. The molecule has 112 valence electrons. The molecule has 23 heavy (non-hydrogen) atoms. The van der Waals surface area contributed by atoms with Crippen molar-refractivity contribution in [3.8, 4) is 11.5 Å². The second-order valence-electron chi connectivity index (χ2n) is 5.36. The second kappa shape index (κ2) is 5.86.